The molecule has 0 bridgehead atoms. The summed E-state index contributed by atoms with van der Waals surface area (Å²) < 4.78 is 1.39. The number of allylic oxidation sites excluding steroid dienone is 2. The number of carbonyl (C=O) groups excluding carboxylic acids is 1. The maximum absolute atomic E-state index is 13.0. The molecule has 1 saturated carbocycles. The van der Waals surface area contributed by atoms with Crippen LogP contribution < -0.4 is 5.56 Å². The fourth-order valence-corrected chi connectivity index (χ4v) is 3.93. The van der Waals surface area contributed by atoms with E-state index in [1.807, 2.05) is 0 Å². The molecule has 2 heterocycles. The van der Waals surface area contributed by atoms with Crippen molar-refractivity contribution in [2.24, 2.45) is 7.05 Å². The molecule has 6 heteroatoms. The van der Waals surface area contributed by atoms with Gasteiger partial charge in [-0.1, -0.05) is 6.08 Å². The Kier molecular flexibility index (Phi) is 4.46. The Morgan fingerprint density at radius 1 is 1.32 bits per heavy atom. The van der Waals surface area contributed by atoms with Gasteiger partial charge in [0.15, 0.2) is 0 Å². The van der Waals surface area contributed by atoms with E-state index in [0.29, 0.717) is 19.1 Å². The smallest absolute Gasteiger partial charge is 0.266 e. The first-order chi connectivity index (χ1) is 12.1. The van der Waals surface area contributed by atoms with E-state index in [1.54, 1.807) is 13.1 Å². The minimum Gasteiger partial charge on any atom is -0.312 e. The molecule has 0 saturated heterocycles. The predicted octanol–water partition coefficient (Wildman–Crippen LogP) is 1.59. The van der Waals surface area contributed by atoms with E-state index in [0.717, 1.165) is 49.9 Å². The SMILES string of the molecule is Cn1nc2c(cc1=O)CN(CC(=O)N(C1=CCCCC1)C1CC1)CC2. The minimum atomic E-state index is -0.0844. The third-order valence-electron chi connectivity index (χ3n) is 5.43. The molecule has 0 atom stereocenters. The van der Waals surface area contributed by atoms with Gasteiger partial charge in [0.1, 0.15) is 0 Å². The summed E-state index contributed by atoms with van der Waals surface area (Å²) in [5.74, 6) is 0.218. The minimum absolute atomic E-state index is 0.0844. The zero-order valence-electron chi connectivity index (χ0n) is 14.9. The fourth-order valence-electron chi connectivity index (χ4n) is 3.93. The molecule has 3 aliphatic rings. The van der Waals surface area contributed by atoms with Gasteiger partial charge in [-0.3, -0.25) is 14.5 Å². The highest BCUT2D eigenvalue weighted by molar-refractivity contribution is 5.81. The molecule has 0 spiro atoms. The van der Waals surface area contributed by atoms with Gasteiger partial charge in [0.25, 0.3) is 5.56 Å². The second kappa shape index (κ2) is 6.75. The van der Waals surface area contributed by atoms with Crippen molar-refractivity contribution >= 4 is 5.91 Å². The number of aryl methyl sites for hydroxylation is 1. The molecular weight excluding hydrogens is 316 g/mol. The monoisotopic (exact) mass is 342 g/mol. The number of fused-ring (bicyclic) bond motifs is 1. The number of rotatable bonds is 4. The number of hydrogen-bond acceptors (Lipinski definition) is 4. The van der Waals surface area contributed by atoms with Gasteiger partial charge in [-0.2, -0.15) is 5.10 Å². The van der Waals surface area contributed by atoms with Gasteiger partial charge >= 0.3 is 0 Å². The molecule has 4 rings (SSSR count). The van der Waals surface area contributed by atoms with E-state index in [2.05, 4.69) is 21.0 Å². The molecule has 1 aliphatic heterocycles. The lowest BCUT2D eigenvalue weighted by Gasteiger charge is -2.32. The summed E-state index contributed by atoms with van der Waals surface area (Å²) in [5.41, 5.74) is 3.11. The number of amides is 1. The summed E-state index contributed by atoms with van der Waals surface area (Å²) in [5, 5.41) is 4.35. The molecule has 1 amide bonds. The van der Waals surface area contributed by atoms with Crippen LogP contribution in [0.1, 0.15) is 49.8 Å². The van der Waals surface area contributed by atoms with Gasteiger partial charge in [-0.15, -0.1) is 0 Å². The van der Waals surface area contributed by atoms with Gasteiger partial charge in [-0.25, -0.2) is 4.68 Å². The first-order valence-corrected chi connectivity index (χ1v) is 9.41. The van der Waals surface area contributed by atoms with Crippen molar-refractivity contribution < 1.29 is 4.79 Å². The van der Waals surface area contributed by atoms with E-state index in [4.69, 9.17) is 0 Å². The van der Waals surface area contributed by atoms with Crippen LogP contribution in [0.2, 0.25) is 0 Å². The molecule has 0 unspecified atom stereocenters. The van der Waals surface area contributed by atoms with Crippen molar-refractivity contribution in [1.29, 1.82) is 0 Å². The highest BCUT2D eigenvalue weighted by Crippen LogP contribution is 2.34. The van der Waals surface area contributed by atoms with Crippen molar-refractivity contribution in [3.05, 3.63) is 39.5 Å². The zero-order valence-corrected chi connectivity index (χ0v) is 14.9. The van der Waals surface area contributed by atoms with E-state index in [-0.39, 0.29) is 11.5 Å². The van der Waals surface area contributed by atoms with E-state index < -0.39 is 0 Å². The molecule has 25 heavy (non-hydrogen) atoms. The molecule has 0 aromatic carbocycles. The molecule has 0 radical (unpaired) electrons. The molecule has 2 aliphatic carbocycles. The Balaban J connectivity index is 1.46. The third-order valence-corrected chi connectivity index (χ3v) is 5.43. The van der Waals surface area contributed by atoms with E-state index in [9.17, 15) is 9.59 Å². The summed E-state index contributed by atoms with van der Waals surface area (Å²) in [7, 11) is 1.68. The van der Waals surface area contributed by atoms with Crippen LogP contribution in [-0.2, 0) is 24.8 Å². The van der Waals surface area contributed by atoms with Crippen LogP contribution in [0.3, 0.4) is 0 Å². The lowest BCUT2D eigenvalue weighted by molar-refractivity contribution is -0.131. The van der Waals surface area contributed by atoms with E-state index in [1.165, 1.54) is 23.2 Å². The summed E-state index contributed by atoms with van der Waals surface area (Å²) >= 11 is 0. The van der Waals surface area contributed by atoms with Gasteiger partial charge in [-0.05, 0) is 44.1 Å². The Morgan fingerprint density at radius 3 is 2.88 bits per heavy atom. The highest BCUT2D eigenvalue weighted by atomic mass is 16.2. The molecule has 134 valence electrons. The summed E-state index contributed by atoms with van der Waals surface area (Å²) in [6.07, 6.45) is 9.87. The van der Waals surface area contributed by atoms with Gasteiger partial charge < -0.3 is 4.90 Å². The Bertz CT molecular complexity index is 763. The van der Waals surface area contributed by atoms with Crippen LogP contribution in [0.5, 0.6) is 0 Å². The quantitative estimate of drug-likeness (QED) is 0.834. The number of carbonyl (C=O) groups is 1. The van der Waals surface area contributed by atoms with Crippen molar-refractivity contribution in [3.63, 3.8) is 0 Å². The number of nitrogens with zero attached hydrogens (tertiary/aromatic N) is 4. The standard InChI is InChI=1S/C19H26N4O2/c1-21-18(24)11-14-12-22(10-9-17(14)20-21)13-19(25)23(16-7-8-16)15-5-3-2-4-6-15/h5,11,16H,2-4,6-10,12-13H2,1H3. The highest BCUT2D eigenvalue weighted by Gasteiger charge is 2.35. The normalized spacial score (nSPS) is 20.8. The van der Waals surface area contributed by atoms with Gasteiger partial charge in [0.2, 0.25) is 5.91 Å². The average molecular weight is 342 g/mol. The third kappa shape index (κ3) is 3.54. The topological polar surface area (TPSA) is 58.4 Å². The van der Waals surface area contributed by atoms with Crippen LogP contribution in [0.15, 0.2) is 22.6 Å². The number of hydrogen-bond donors (Lipinski definition) is 0. The molecule has 0 N–H and O–H groups in total. The molecule has 6 nitrogen and oxygen atoms in total. The maximum Gasteiger partial charge on any atom is 0.266 e. The van der Waals surface area contributed by atoms with Crippen molar-refractivity contribution in [2.45, 2.75) is 57.5 Å². The first-order valence-electron chi connectivity index (χ1n) is 9.41. The molecule has 1 aromatic heterocycles. The second-order valence-electron chi connectivity index (χ2n) is 7.47. The van der Waals surface area contributed by atoms with Crippen LogP contribution in [-0.4, -0.2) is 44.6 Å². The van der Waals surface area contributed by atoms with Crippen LogP contribution in [0.4, 0.5) is 0 Å². The second-order valence-corrected chi connectivity index (χ2v) is 7.47. The van der Waals surface area contributed by atoms with Crippen molar-refractivity contribution in [1.82, 2.24) is 19.6 Å². The largest absolute Gasteiger partial charge is 0.312 e. The Morgan fingerprint density at radius 2 is 2.16 bits per heavy atom. The van der Waals surface area contributed by atoms with Gasteiger partial charge in [0.05, 0.1) is 12.2 Å². The molecule has 1 fully saturated rings. The molecule has 1 aromatic rings. The van der Waals surface area contributed by atoms with Crippen LogP contribution >= 0.6 is 0 Å². The van der Waals surface area contributed by atoms with Crippen LogP contribution in [0.25, 0.3) is 0 Å². The lowest BCUT2D eigenvalue weighted by atomic mass is 10.0. The van der Waals surface area contributed by atoms with Crippen molar-refractivity contribution in [2.75, 3.05) is 13.1 Å². The van der Waals surface area contributed by atoms with Crippen molar-refractivity contribution in [3.8, 4) is 0 Å². The van der Waals surface area contributed by atoms with E-state index >= 15 is 0 Å². The zero-order chi connectivity index (χ0) is 17.4. The number of aromatic nitrogens is 2. The lowest BCUT2D eigenvalue weighted by Crippen LogP contribution is -2.43. The van der Waals surface area contributed by atoms with Gasteiger partial charge in [0, 0.05) is 44.4 Å². The summed E-state index contributed by atoms with van der Waals surface area (Å²) in [4.78, 5) is 29.1. The Labute approximate surface area is 148 Å². The fraction of sp³-hybridized carbons (Fsp3) is 0.632. The maximum atomic E-state index is 13.0. The molecular formula is C19H26N4O2. The first kappa shape index (κ1) is 16.5. The summed E-state index contributed by atoms with van der Waals surface area (Å²) in [6, 6.07) is 2.09. The Hall–Kier alpha value is -1.95. The summed E-state index contributed by atoms with van der Waals surface area (Å²) in [6.45, 7) is 1.89. The van der Waals surface area contributed by atoms with Crippen LogP contribution in [0, 0.1) is 0 Å². The predicted molar refractivity (Wildman–Crippen MR) is 94.9 cm³/mol. The average Bonchev–Trinajstić information content (AvgIpc) is 3.42.